The minimum Gasteiger partial charge on any atom is -0.365 e. The van der Waals surface area contributed by atoms with Crippen LogP contribution in [0.25, 0.3) is 11.1 Å². The first-order valence-corrected chi connectivity index (χ1v) is 6.36. The molecule has 0 aliphatic carbocycles. The molecule has 0 saturated heterocycles. The smallest absolute Gasteiger partial charge is 0.0732 e. The molecule has 0 amide bonds. The highest BCUT2D eigenvalue weighted by Crippen LogP contribution is 2.22. The molecule has 0 bridgehead atoms. The summed E-state index contributed by atoms with van der Waals surface area (Å²) in [5.41, 5.74) is 4.58. The second-order valence-electron chi connectivity index (χ2n) is 3.73. The third-order valence-corrected chi connectivity index (χ3v) is 3.35. The summed E-state index contributed by atoms with van der Waals surface area (Å²) in [7, 11) is 2.06. The van der Waals surface area contributed by atoms with E-state index in [1.165, 1.54) is 16.8 Å². The predicted octanol–water partition coefficient (Wildman–Crippen LogP) is 4.14. The molecule has 82 valence electrons. The molecule has 0 saturated carbocycles. The standard InChI is InChI=1S/C14H14BrN/c1-16(11-15)14-9-7-13(8-10-14)12-5-3-2-4-6-12/h2-10H,11H2,1H3. The molecular formula is C14H14BrN. The number of alkyl halides is 1. The van der Waals surface area contributed by atoms with Crippen LogP contribution in [0.3, 0.4) is 0 Å². The van der Waals surface area contributed by atoms with Crippen LogP contribution < -0.4 is 4.90 Å². The normalized spacial score (nSPS) is 10.1. The Kier molecular flexibility index (Phi) is 3.62. The lowest BCUT2D eigenvalue weighted by atomic mass is 10.1. The lowest BCUT2D eigenvalue weighted by molar-refractivity contribution is 1.11. The van der Waals surface area contributed by atoms with Gasteiger partial charge in [0.15, 0.2) is 0 Å². The summed E-state index contributed by atoms with van der Waals surface area (Å²) in [4.78, 5) is 2.15. The maximum atomic E-state index is 3.44. The molecule has 0 heterocycles. The zero-order valence-electron chi connectivity index (χ0n) is 9.23. The molecular weight excluding hydrogens is 262 g/mol. The largest absolute Gasteiger partial charge is 0.365 e. The topological polar surface area (TPSA) is 3.24 Å². The number of rotatable bonds is 3. The number of halogens is 1. The molecule has 1 nitrogen and oxygen atoms in total. The molecule has 0 atom stereocenters. The van der Waals surface area contributed by atoms with E-state index < -0.39 is 0 Å². The predicted molar refractivity (Wildman–Crippen MR) is 74.1 cm³/mol. The van der Waals surface area contributed by atoms with Crippen LogP contribution in [0.15, 0.2) is 54.6 Å². The molecule has 16 heavy (non-hydrogen) atoms. The molecule has 0 aromatic heterocycles. The van der Waals surface area contributed by atoms with Crippen LogP contribution in [-0.2, 0) is 0 Å². The molecule has 2 heteroatoms. The second kappa shape index (κ2) is 5.17. The molecule has 0 aliphatic rings. The van der Waals surface area contributed by atoms with Gasteiger partial charge in [-0.1, -0.05) is 58.4 Å². The summed E-state index contributed by atoms with van der Waals surface area (Å²) in [5, 5.41) is 0. The van der Waals surface area contributed by atoms with Crippen molar-refractivity contribution in [1.29, 1.82) is 0 Å². The Morgan fingerprint density at radius 2 is 1.44 bits per heavy atom. The van der Waals surface area contributed by atoms with Crippen molar-refractivity contribution in [3.8, 4) is 11.1 Å². The van der Waals surface area contributed by atoms with Crippen molar-refractivity contribution in [3.05, 3.63) is 54.6 Å². The highest BCUT2D eigenvalue weighted by Gasteiger charge is 1.99. The second-order valence-corrected chi connectivity index (χ2v) is 4.23. The van der Waals surface area contributed by atoms with Gasteiger partial charge in [-0.25, -0.2) is 0 Å². The Hall–Kier alpha value is -1.28. The lowest BCUT2D eigenvalue weighted by Crippen LogP contribution is -2.13. The molecule has 0 unspecified atom stereocenters. The van der Waals surface area contributed by atoms with Gasteiger partial charge < -0.3 is 4.90 Å². The first kappa shape index (κ1) is 11.2. The van der Waals surface area contributed by atoms with E-state index in [-0.39, 0.29) is 0 Å². The quantitative estimate of drug-likeness (QED) is 0.601. The van der Waals surface area contributed by atoms with Crippen LogP contribution in [-0.4, -0.2) is 12.5 Å². The van der Waals surface area contributed by atoms with Gasteiger partial charge >= 0.3 is 0 Å². The minimum atomic E-state index is 0.845. The Labute approximate surface area is 105 Å². The van der Waals surface area contributed by atoms with E-state index in [1.54, 1.807) is 0 Å². The van der Waals surface area contributed by atoms with Crippen LogP contribution in [0.2, 0.25) is 0 Å². The van der Waals surface area contributed by atoms with Crippen LogP contribution in [0.5, 0.6) is 0 Å². The van der Waals surface area contributed by atoms with Crippen molar-refractivity contribution in [2.45, 2.75) is 0 Å². The van der Waals surface area contributed by atoms with Crippen LogP contribution >= 0.6 is 15.9 Å². The van der Waals surface area contributed by atoms with Gasteiger partial charge in [-0.3, -0.25) is 0 Å². The van der Waals surface area contributed by atoms with E-state index in [0.717, 1.165) is 5.45 Å². The Balaban J connectivity index is 2.26. The molecule has 0 aliphatic heterocycles. The summed E-state index contributed by atoms with van der Waals surface area (Å²) in [6.45, 7) is 0. The average molecular weight is 276 g/mol. The molecule has 2 aromatic rings. The minimum absolute atomic E-state index is 0.845. The summed E-state index contributed by atoms with van der Waals surface area (Å²) in [5.74, 6) is 0. The van der Waals surface area contributed by atoms with Gasteiger partial charge in [0.1, 0.15) is 0 Å². The third-order valence-electron chi connectivity index (χ3n) is 2.59. The van der Waals surface area contributed by atoms with E-state index in [4.69, 9.17) is 0 Å². The van der Waals surface area contributed by atoms with Crippen molar-refractivity contribution >= 4 is 21.6 Å². The molecule has 2 aromatic carbocycles. The SMILES string of the molecule is CN(CBr)c1ccc(-c2ccccc2)cc1. The summed E-state index contributed by atoms with van der Waals surface area (Å²) in [6.07, 6.45) is 0. The first-order chi connectivity index (χ1) is 7.81. The lowest BCUT2D eigenvalue weighted by Gasteiger charge is -2.15. The van der Waals surface area contributed by atoms with Crippen molar-refractivity contribution in [2.24, 2.45) is 0 Å². The summed E-state index contributed by atoms with van der Waals surface area (Å²) < 4.78 is 0. The van der Waals surface area contributed by atoms with Gasteiger partial charge in [0.2, 0.25) is 0 Å². The highest BCUT2D eigenvalue weighted by atomic mass is 79.9. The zero-order chi connectivity index (χ0) is 11.4. The van der Waals surface area contributed by atoms with Crippen molar-refractivity contribution in [2.75, 3.05) is 17.4 Å². The number of nitrogens with zero attached hydrogens (tertiary/aromatic N) is 1. The maximum Gasteiger partial charge on any atom is 0.0732 e. The monoisotopic (exact) mass is 275 g/mol. The van der Waals surface area contributed by atoms with E-state index in [2.05, 4.69) is 76.4 Å². The van der Waals surface area contributed by atoms with Crippen molar-refractivity contribution < 1.29 is 0 Å². The van der Waals surface area contributed by atoms with E-state index in [0.29, 0.717) is 0 Å². The summed E-state index contributed by atoms with van der Waals surface area (Å²) in [6, 6.07) is 19.0. The fraction of sp³-hybridized carbons (Fsp3) is 0.143. The van der Waals surface area contributed by atoms with Crippen LogP contribution in [0.1, 0.15) is 0 Å². The Morgan fingerprint density at radius 3 is 2.00 bits per heavy atom. The molecule has 0 N–H and O–H groups in total. The number of anilines is 1. The number of benzene rings is 2. The van der Waals surface area contributed by atoms with Crippen LogP contribution in [0, 0.1) is 0 Å². The third kappa shape index (κ3) is 2.45. The van der Waals surface area contributed by atoms with E-state index in [9.17, 15) is 0 Å². The van der Waals surface area contributed by atoms with Gasteiger partial charge in [0, 0.05) is 12.7 Å². The van der Waals surface area contributed by atoms with Gasteiger partial charge in [-0.05, 0) is 23.3 Å². The highest BCUT2D eigenvalue weighted by molar-refractivity contribution is 9.09. The fourth-order valence-electron chi connectivity index (χ4n) is 1.61. The zero-order valence-corrected chi connectivity index (χ0v) is 10.8. The van der Waals surface area contributed by atoms with Crippen molar-refractivity contribution in [1.82, 2.24) is 0 Å². The molecule has 2 rings (SSSR count). The van der Waals surface area contributed by atoms with E-state index in [1.807, 2.05) is 6.07 Å². The molecule has 0 fully saturated rings. The van der Waals surface area contributed by atoms with Crippen LogP contribution in [0.4, 0.5) is 5.69 Å². The molecule has 0 radical (unpaired) electrons. The molecule has 0 spiro atoms. The van der Waals surface area contributed by atoms with Gasteiger partial charge in [-0.2, -0.15) is 0 Å². The van der Waals surface area contributed by atoms with E-state index >= 15 is 0 Å². The fourth-order valence-corrected chi connectivity index (χ4v) is 1.90. The number of hydrogen-bond donors (Lipinski definition) is 0. The van der Waals surface area contributed by atoms with Gasteiger partial charge in [0.05, 0.1) is 5.45 Å². The maximum absolute atomic E-state index is 3.44. The Morgan fingerprint density at radius 1 is 0.875 bits per heavy atom. The number of hydrogen-bond acceptors (Lipinski definition) is 1. The van der Waals surface area contributed by atoms with Gasteiger partial charge in [-0.15, -0.1) is 0 Å². The summed E-state index contributed by atoms with van der Waals surface area (Å²) >= 11 is 3.44. The average Bonchev–Trinajstić information content (AvgIpc) is 2.39. The van der Waals surface area contributed by atoms with Gasteiger partial charge in [0.25, 0.3) is 0 Å². The Bertz CT molecular complexity index is 436. The first-order valence-electron chi connectivity index (χ1n) is 5.24. The van der Waals surface area contributed by atoms with Crippen molar-refractivity contribution in [3.63, 3.8) is 0 Å².